The summed E-state index contributed by atoms with van der Waals surface area (Å²) in [5.41, 5.74) is 0.203. The van der Waals surface area contributed by atoms with Crippen molar-refractivity contribution in [2.24, 2.45) is 0 Å². The lowest BCUT2D eigenvalue weighted by molar-refractivity contribution is 0.0247. The lowest BCUT2D eigenvalue weighted by atomic mass is 10.1. The van der Waals surface area contributed by atoms with Gasteiger partial charge < -0.3 is 10.1 Å². The summed E-state index contributed by atoms with van der Waals surface area (Å²) in [6.45, 7) is 1.29. The van der Waals surface area contributed by atoms with Crippen LogP contribution in [0.3, 0.4) is 0 Å². The molecule has 16 heavy (non-hydrogen) atoms. The van der Waals surface area contributed by atoms with Crippen molar-refractivity contribution in [2.45, 2.75) is 25.4 Å². The summed E-state index contributed by atoms with van der Waals surface area (Å²) in [4.78, 5) is 0. The van der Waals surface area contributed by atoms with E-state index in [0.29, 0.717) is 6.54 Å². The van der Waals surface area contributed by atoms with Gasteiger partial charge in [0.2, 0.25) is 0 Å². The highest BCUT2D eigenvalue weighted by atomic mass is 19.2. The molecule has 0 bridgehead atoms. The topological polar surface area (TPSA) is 21.3 Å². The Hall–Kier alpha value is -1.16. The fourth-order valence-corrected chi connectivity index (χ4v) is 1.83. The number of rotatable bonds is 3. The van der Waals surface area contributed by atoms with Crippen molar-refractivity contribution < 1.29 is 13.5 Å². The second kappa shape index (κ2) is 5.25. The van der Waals surface area contributed by atoms with E-state index in [2.05, 4.69) is 5.32 Å². The van der Waals surface area contributed by atoms with Crippen LogP contribution in [-0.4, -0.2) is 19.3 Å². The zero-order chi connectivity index (χ0) is 11.4. The Morgan fingerprint density at radius 3 is 2.94 bits per heavy atom. The second-order valence-corrected chi connectivity index (χ2v) is 3.97. The minimum atomic E-state index is -0.824. The molecule has 0 saturated carbocycles. The van der Waals surface area contributed by atoms with Gasteiger partial charge in [-0.25, -0.2) is 8.78 Å². The van der Waals surface area contributed by atoms with Crippen molar-refractivity contribution in [1.82, 2.24) is 0 Å². The van der Waals surface area contributed by atoms with Crippen LogP contribution in [0.4, 0.5) is 14.5 Å². The van der Waals surface area contributed by atoms with E-state index >= 15 is 0 Å². The molecule has 1 saturated heterocycles. The minimum Gasteiger partial charge on any atom is -0.380 e. The summed E-state index contributed by atoms with van der Waals surface area (Å²) in [5.74, 6) is -1.65. The van der Waals surface area contributed by atoms with Crippen molar-refractivity contribution in [3.8, 4) is 0 Å². The van der Waals surface area contributed by atoms with Gasteiger partial charge in [-0.3, -0.25) is 0 Å². The predicted molar refractivity (Wildman–Crippen MR) is 58.4 cm³/mol. The van der Waals surface area contributed by atoms with E-state index in [4.69, 9.17) is 4.74 Å². The highest BCUT2D eigenvalue weighted by Crippen LogP contribution is 2.18. The third-order valence-electron chi connectivity index (χ3n) is 2.75. The molecule has 4 heteroatoms. The molecule has 0 aliphatic carbocycles. The molecule has 1 N–H and O–H groups in total. The van der Waals surface area contributed by atoms with Crippen LogP contribution in [0.25, 0.3) is 0 Å². The van der Waals surface area contributed by atoms with Crippen molar-refractivity contribution in [2.75, 3.05) is 18.5 Å². The molecule has 1 aromatic rings. The molecule has 1 aliphatic rings. The van der Waals surface area contributed by atoms with E-state index < -0.39 is 11.6 Å². The lowest BCUT2D eigenvalue weighted by Crippen LogP contribution is -2.27. The van der Waals surface area contributed by atoms with Gasteiger partial charge in [-0.1, -0.05) is 6.07 Å². The molecule has 2 rings (SSSR count). The van der Waals surface area contributed by atoms with Crippen LogP contribution < -0.4 is 5.32 Å². The number of halogens is 2. The van der Waals surface area contributed by atoms with Crippen molar-refractivity contribution in [3.05, 3.63) is 29.8 Å². The van der Waals surface area contributed by atoms with Crippen molar-refractivity contribution in [1.29, 1.82) is 0 Å². The number of nitrogens with one attached hydrogen (secondary N) is 1. The van der Waals surface area contributed by atoms with Gasteiger partial charge in [-0.2, -0.15) is 0 Å². The summed E-state index contributed by atoms with van der Waals surface area (Å²) in [7, 11) is 0. The Morgan fingerprint density at radius 1 is 1.31 bits per heavy atom. The Kier molecular flexibility index (Phi) is 3.72. The predicted octanol–water partition coefficient (Wildman–Crippen LogP) is 2.95. The molecule has 88 valence electrons. The Labute approximate surface area is 93.6 Å². The zero-order valence-corrected chi connectivity index (χ0v) is 9.01. The van der Waals surface area contributed by atoms with E-state index in [1.54, 1.807) is 0 Å². The number of benzene rings is 1. The first-order valence-corrected chi connectivity index (χ1v) is 5.57. The molecule has 0 aromatic heterocycles. The van der Waals surface area contributed by atoms with Gasteiger partial charge in [0.1, 0.15) is 0 Å². The molecule has 1 atom stereocenters. The molecular formula is C12H15F2NO. The molecular weight excluding hydrogens is 212 g/mol. The number of anilines is 1. The molecule has 1 aliphatic heterocycles. The van der Waals surface area contributed by atoms with Crippen LogP contribution in [0.5, 0.6) is 0 Å². The zero-order valence-electron chi connectivity index (χ0n) is 9.01. The maximum absolute atomic E-state index is 13.3. The maximum atomic E-state index is 13.3. The standard InChI is InChI=1S/C12H15F2NO/c13-10-5-3-6-11(12(10)14)15-8-9-4-1-2-7-16-9/h3,5-6,9,15H,1-2,4,7-8H2. The fraction of sp³-hybridized carbons (Fsp3) is 0.500. The first kappa shape index (κ1) is 11.3. The molecule has 1 heterocycles. The first-order chi connectivity index (χ1) is 7.77. The van der Waals surface area contributed by atoms with Crippen LogP contribution in [0.2, 0.25) is 0 Å². The summed E-state index contributed by atoms with van der Waals surface area (Å²) >= 11 is 0. The van der Waals surface area contributed by atoms with Crippen LogP contribution in [0.15, 0.2) is 18.2 Å². The first-order valence-electron chi connectivity index (χ1n) is 5.57. The molecule has 1 fully saturated rings. The number of hydrogen-bond donors (Lipinski definition) is 1. The highest BCUT2D eigenvalue weighted by Gasteiger charge is 2.14. The van der Waals surface area contributed by atoms with Gasteiger partial charge in [0, 0.05) is 13.2 Å². The average Bonchev–Trinajstić information content (AvgIpc) is 2.32. The summed E-state index contributed by atoms with van der Waals surface area (Å²) in [5, 5.41) is 2.88. The van der Waals surface area contributed by atoms with Crippen molar-refractivity contribution in [3.63, 3.8) is 0 Å². The molecule has 1 aromatic carbocycles. The molecule has 2 nitrogen and oxygen atoms in total. The Morgan fingerprint density at radius 2 is 2.19 bits per heavy atom. The smallest absolute Gasteiger partial charge is 0.181 e. The number of ether oxygens (including phenoxy) is 1. The number of hydrogen-bond acceptors (Lipinski definition) is 2. The lowest BCUT2D eigenvalue weighted by Gasteiger charge is -2.23. The van der Waals surface area contributed by atoms with Crippen molar-refractivity contribution >= 4 is 5.69 Å². The average molecular weight is 227 g/mol. The summed E-state index contributed by atoms with van der Waals surface area (Å²) in [6, 6.07) is 4.13. The van der Waals surface area contributed by atoms with E-state index in [0.717, 1.165) is 31.9 Å². The van der Waals surface area contributed by atoms with Gasteiger partial charge in [0.25, 0.3) is 0 Å². The van der Waals surface area contributed by atoms with Gasteiger partial charge >= 0.3 is 0 Å². The molecule has 0 spiro atoms. The van der Waals surface area contributed by atoms with E-state index in [-0.39, 0.29) is 11.8 Å². The Bertz CT molecular complexity index is 351. The van der Waals surface area contributed by atoms with Crippen LogP contribution >= 0.6 is 0 Å². The highest BCUT2D eigenvalue weighted by molar-refractivity contribution is 5.44. The SMILES string of the molecule is Fc1cccc(NCC2CCCCO2)c1F. The Balaban J connectivity index is 1.91. The quantitative estimate of drug-likeness (QED) is 0.857. The fourth-order valence-electron chi connectivity index (χ4n) is 1.83. The minimum absolute atomic E-state index is 0.108. The molecule has 1 unspecified atom stereocenters. The maximum Gasteiger partial charge on any atom is 0.181 e. The normalized spacial score (nSPS) is 20.8. The monoisotopic (exact) mass is 227 g/mol. The molecule has 0 amide bonds. The van der Waals surface area contributed by atoms with Gasteiger partial charge in [-0.05, 0) is 31.4 Å². The summed E-state index contributed by atoms with van der Waals surface area (Å²) in [6.07, 6.45) is 3.31. The summed E-state index contributed by atoms with van der Waals surface area (Å²) < 4.78 is 31.7. The van der Waals surface area contributed by atoms with Crippen LogP contribution in [0.1, 0.15) is 19.3 Å². The van der Waals surface area contributed by atoms with E-state index in [9.17, 15) is 8.78 Å². The van der Waals surface area contributed by atoms with E-state index in [1.165, 1.54) is 12.1 Å². The van der Waals surface area contributed by atoms with E-state index in [1.807, 2.05) is 0 Å². The van der Waals surface area contributed by atoms with Gasteiger partial charge in [-0.15, -0.1) is 0 Å². The second-order valence-electron chi connectivity index (χ2n) is 3.97. The van der Waals surface area contributed by atoms with Crippen LogP contribution in [0, 0.1) is 11.6 Å². The van der Waals surface area contributed by atoms with Crippen LogP contribution in [-0.2, 0) is 4.74 Å². The third kappa shape index (κ3) is 2.70. The van der Waals surface area contributed by atoms with Gasteiger partial charge in [0.15, 0.2) is 11.6 Å². The largest absolute Gasteiger partial charge is 0.380 e. The third-order valence-corrected chi connectivity index (χ3v) is 2.75. The van der Waals surface area contributed by atoms with Gasteiger partial charge in [0.05, 0.1) is 11.8 Å². The molecule has 0 radical (unpaired) electrons.